The van der Waals surface area contributed by atoms with E-state index in [1.54, 1.807) is 7.11 Å². The molecule has 0 heterocycles. The number of hydrogen-bond acceptors (Lipinski definition) is 3. The van der Waals surface area contributed by atoms with Crippen LogP contribution in [0.4, 0.5) is 0 Å². The lowest BCUT2D eigenvalue weighted by Gasteiger charge is -2.26. The molecule has 0 saturated heterocycles. The molecule has 0 aromatic heterocycles. The quantitative estimate of drug-likeness (QED) is 0.653. The molecule has 0 aliphatic heterocycles. The van der Waals surface area contributed by atoms with Crippen LogP contribution in [0.25, 0.3) is 0 Å². The molecule has 0 aromatic rings. The fraction of sp³-hybridized carbons (Fsp3) is 0.900. The van der Waals surface area contributed by atoms with Gasteiger partial charge in [-0.05, 0) is 20.0 Å². The number of hydrogen-bond donors (Lipinski definition) is 1. The third-order valence-electron chi connectivity index (χ3n) is 2.46. The summed E-state index contributed by atoms with van der Waals surface area (Å²) >= 11 is 5.01. The standard InChI is InChI=1S/C10H22N2OS/c1-10(2,9(11)14)5-6-12(3)7-8-13-4/h5-8H2,1-4H3,(H2,11,14). The summed E-state index contributed by atoms with van der Waals surface area (Å²) in [5, 5.41) is 0. The molecule has 0 spiro atoms. The summed E-state index contributed by atoms with van der Waals surface area (Å²) in [7, 11) is 3.79. The van der Waals surface area contributed by atoms with Gasteiger partial charge in [0.05, 0.1) is 11.6 Å². The summed E-state index contributed by atoms with van der Waals surface area (Å²) in [5.41, 5.74) is 5.60. The number of ether oxygens (including phenoxy) is 1. The van der Waals surface area contributed by atoms with Gasteiger partial charge in [0, 0.05) is 19.1 Å². The third-order valence-corrected chi connectivity index (χ3v) is 3.02. The highest BCUT2D eigenvalue weighted by molar-refractivity contribution is 7.80. The molecular formula is C10H22N2OS. The minimum Gasteiger partial charge on any atom is -0.393 e. The molecule has 0 atom stereocenters. The van der Waals surface area contributed by atoms with Gasteiger partial charge in [-0.2, -0.15) is 0 Å². The minimum atomic E-state index is -0.0450. The Kier molecular flexibility index (Phi) is 6.24. The summed E-state index contributed by atoms with van der Waals surface area (Å²) in [5.74, 6) is 0. The molecule has 0 aliphatic rings. The van der Waals surface area contributed by atoms with E-state index in [0.717, 1.165) is 26.1 Å². The zero-order chi connectivity index (χ0) is 11.2. The van der Waals surface area contributed by atoms with Gasteiger partial charge < -0.3 is 15.4 Å². The van der Waals surface area contributed by atoms with Gasteiger partial charge in [0.25, 0.3) is 0 Å². The van der Waals surface area contributed by atoms with Crippen molar-refractivity contribution in [3.05, 3.63) is 0 Å². The Hall–Kier alpha value is -0.190. The van der Waals surface area contributed by atoms with Crippen LogP contribution in [0.5, 0.6) is 0 Å². The summed E-state index contributed by atoms with van der Waals surface area (Å²) in [6.45, 7) is 6.88. The number of likely N-dealkylation sites (N-methyl/N-ethyl adjacent to an activating group) is 1. The molecule has 4 heteroatoms. The number of methoxy groups -OCH3 is 1. The van der Waals surface area contributed by atoms with E-state index in [-0.39, 0.29) is 5.41 Å². The fourth-order valence-corrected chi connectivity index (χ4v) is 1.05. The van der Waals surface area contributed by atoms with Gasteiger partial charge in [0.2, 0.25) is 0 Å². The fourth-order valence-electron chi connectivity index (χ4n) is 0.952. The molecule has 0 fully saturated rings. The number of rotatable bonds is 7. The van der Waals surface area contributed by atoms with Gasteiger partial charge in [-0.3, -0.25) is 0 Å². The first-order valence-corrected chi connectivity index (χ1v) is 5.28. The molecule has 2 N–H and O–H groups in total. The second-order valence-corrected chi connectivity index (χ2v) is 4.73. The normalized spacial score (nSPS) is 12.1. The van der Waals surface area contributed by atoms with Crippen molar-refractivity contribution < 1.29 is 4.74 Å². The SMILES string of the molecule is COCCN(C)CCC(C)(C)C(N)=S. The van der Waals surface area contributed by atoms with E-state index in [0.29, 0.717) is 4.99 Å². The highest BCUT2D eigenvalue weighted by Crippen LogP contribution is 2.20. The van der Waals surface area contributed by atoms with Crippen molar-refractivity contribution in [1.82, 2.24) is 4.90 Å². The molecule has 0 aromatic carbocycles. The van der Waals surface area contributed by atoms with E-state index in [2.05, 4.69) is 25.8 Å². The van der Waals surface area contributed by atoms with E-state index in [4.69, 9.17) is 22.7 Å². The molecule has 0 bridgehead atoms. The molecule has 3 nitrogen and oxygen atoms in total. The highest BCUT2D eigenvalue weighted by Gasteiger charge is 2.21. The molecule has 84 valence electrons. The zero-order valence-electron chi connectivity index (χ0n) is 9.67. The number of thiocarbonyl (C=S) groups is 1. The first kappa shape index (κ1) is 13.8. The van der Waals surface area contributed by atoms with Gasteiger partial charge in [-0.25, -0.2) is 0 Å². The first-order valence-electron chi connectivity index (χ1n) is 4.87. The summed E-state index contributed by atoms with van der Waals surface area (Å²) in [6.07, 6.45) is 0.989. The predicted octanol–water partition coefficient (Wildman–Crippen LogP) is 1.27. The van der Waals surface area contributed by atoms with Crippen LogP contribution in [0.15, 0.2) is 0 Å². The van der Waals surface area contributed by atoms with Crippen LogP contribution in [0.3, 0.4) is 0 Å². The number of nitrogens with zero attached hydrogens (tertiary/aromatic N) is 1. The van der Waals surface area contributed by atoms with Crippen LogP contribution in [0.2, 0.25) is 0 Å². The molecule has 0 aliphatic carbocycles. The van der Waals surface area contributed by atoms with Gasteiger partial charge in [-0.1, -0.05) is 26.1 Å². The van der Waals surface area contributed by atoms with Crippen LogP contribution in [0, 0.1) is 5.41 Å². The van der Waals surface area contributed by atoms with E-state index < -0.39 is 0 Å². The van der Waals surface area contributed by atoms with Crippen molar-refractivity contribution in [3.63, 3.8) is 0 Å². The van der Waals surface area contributed by atoms with Crippen molar-refractivity contribution >= 4 is 17.2 Å². The van der Waals surface area contributed by atoms with Crippen molar-refractivity contribution in [2.45, 2.75) is 20.3 Å². The maximum Gasteiger partial charge on any atom is 0.0784 e. The zero-order valence-corrected chi connectivity index (χ0v) is 10.5. The van der Waals surface area contributed by atoms with Gasteiger partial charge in [0.1, 0.15) is 0 Å². The van der Waals surface area contributed by atoms with E-state index in [1.165, 1.54) is 0 Å². The van der Waals surface area contributed by atoms with Crippen molar-refractivity contribution in [2.75, 3.05) is 33.9 Å². The molecule has 0 radical (unpaired) electrons. The average molecular weight is 218 g/mol. The Morgan fingerprint density at radius 1 is 1.43 bits per heavy atom. The van der Waals surface area contributed by atoms with Crippen LogP contribution >= 0.6 is 12.2 Å². The monoisotopic (exact) mass is 218 g/mol. The van der Waals surface area contributed by atoms with Crippen LogP contribution in [0.1, 0.15) is 20.3 Å². The van der Waals surface area contributed by atoms with Crippen molar-refractivity contribution in [1.29, 1.82) is 0 Å². The average Bonchev–Trinajstić information content (AvgIpc) is 2.11. The van der Waals surface area contributed by atoms with Crippen molar-refractivity contribution in [2.24, 2.45) is 11.1 Å². The third kappa shape index (κ3) is 5.52. The highest BCUT2D eigenvalue weighted by atomic mass is 32.1. The van der Waals surface area contributed by atoms with Gasteiger partial charge in [0.15, 0.2) is 0 Å². The largest absolute Gasteiger partial charge is 0.393 e. The maximum absolute atomic E-state index is 5.64. The maximum atomic E-state index is 5.64. The molecule has 0 amide bonds. The second kappa shape index (κ2) is 6.32. The van der Waals surface area contributed by atoms with Gasteiger partial charge >= 0.3 is 0 Å². The molecule has 0 rings (SSSR count). The van der Waals surface area contributed by atoms with Crippen LogP contribution in [-0.2, 0) is 4.74 Å². The Bertz CT molecular complexity index is 183. The Morgan fingerprint density at radius 2 is 2.00 bits per heavy atom. The smallest absolute Gasteiger partial charge is 0.0784 e. The lowest BCUT2D eigenvalue weighted by molar-refractivity contribution is 0.157. The Morgan fingerprint density at radius 3 is 2.43 bits per heavy atom. The Labute approximate surface area is 92.6 Å². The van der Waals surface area contributed by atoms with E-state index in [9.17, 15) is 0 Å². The summed E-state index contributed by atoms with van der Waals surface area (Å²) in [4.78, 5) is 2.82. The Balaban J connectivity index is 3.75. The number of nitrogens with two attached hydrogens (primary N) is 1. The lowest BCUT2D eigenvalue weighted by atomic mass is 9.89. The van der Waals surface area contributed by atoms with E-state index in [1.807, 2.05) is 0 Å². The minimum absolute atomic E-state index is 0.0450. The second-order valence-electron chi connectivity index (χ2n) is 4.29. The lowest BCUT2D eigenvalue weighted by Crippen LogP contribution is -2.34. The molecular weight excluding hydrogens is 196 g/mol. The van der Waals surface area contributed by atoms with E-state index >= 15 is 0 Å². The van der Waals surface area contributed by atoms with Gasteiger partial charge in [-0.15, -0.1) is 0 Å². The molecule has 0 unspecified atom stereocenters. The topological polar surface area (TPSA) is 38.5 Å². The summed E-state index contributed by atoms with van der Waals surface area (Å²) in [6, 6.07) is 0. The predicted molar refractivity (Wildman–Crippen MR) is 64.6 cm³/mol. The molecule has 0 saturated carbocycles. The summed E-state index contributed by atoms with van der Waals surface area (Å²) < 4.78 is 5.00. The first-order chi connectivity index (χ1) is 6.40. The molecule has 14 heavy (non-hydrogen) atoms. The van der Waals surface area contributed by atoms with Crippen LogP contribution < -0.4 is 5.73 Å². The van der Waals surface area contributed by atoms with Crippen LogP contribution in [-0.4, -0.2) is 43.7 Å². The van der Waals surface area contributed by atoms with Crippen molar-refractivity contribution in [3.8, 4) is 0 Å².